The van der Waals surface area contributed by atoms with Crippen molar-refractivity contribution in [2.24, 2.45) is 0 Å². The molecule has 0 saturated carbocycles. The average molecular weight is 480 g/mol. The zero-order valence-electron chi connectivity index (χ0n) is 18.9. The molecule has 4 aromatic rings. The Bertz CT molecular complexity index is 1420. The van der Waals surface area contributed by atoms with Gasteiger partial charge in [0.1, 0.15) is 11.6 Å². The second kappa shape index (κ2) is 9.77. The van der Waals surface area contributed by atoms with E-state index < -0.39 is 11.1 Å². The number of fused-ring (bicyclic) bond motifs is 1. The van der Waals surface area contributed by atoms with Crippen LogP contribution in [-0.4, -0.2) is 20.7 Å². The summed E-state index contributed by atoms with van der Waals surface area (Å²) in [6.07, 6.45) is 0. The van der Waals surface area contributed by atoms with Crippen molar-refractivity contribution >= 4 is 28.6 Å². The molecule has 0 bridgehead atoms. The topological polar surface area (TPSA) is 64.0 Å². The van der Waals surface area contributed by atoms with Gasteiger partial charge in [-0.15, -0.1) is 0 Å². The van der Waals surface area contributed by atoms with Gasteiger partial charge in [0.2, 0.25) is 5.91 Å². The SMILES string of the molecule is Cc1ccc(-n2c(SC(C)C(=O)NC(C)c3ccc(F)cc3)nc3ccccc3c2=O)cc1F. The summed E-state index contributed by atoms with van der Waals surface area (Å²) in [5, 5.41) is 2.97. The van der Waals surface area contributed by atoms with Crippen molar-refractivity contribution in [3.8, 4) is 5.69 Å². The molecule has 3 aromatic carbocycles. The third kappa shape index (κ3) is 4.87. The number of amides is 1. The number of aryl methyl sites for hydroxylation is 1. The first kappa shape index (κ1) is 23.6. The lowest BCUT2D eigenvalue weighted by Gasteiger charge is -2.19. The van der Waals surface area contributed by atoms with Crippen LogP contribution in [0.1, 0.15) is 31.0 Å². The van der Waals surface area contributed by atoms with Crippen molar-refractivity contribution in [3.63, 3.8) is 0 Å². The maximum atomic E-state index is 14.3. The van der Waals surface area contributed by atoms with E-state index in [0.29, 0.717) is 22.2 Å². The van der Waals surface area contributed by atoms with Gasteiger partial charge in [0.15, 0.2) is 5.16 Å². The van der Waals surface area contributed by atoms with Crippen LogP contribution in [-0.2, 0) is 4.79 Å². The summed E-state index contributed by atoms with van der Waals surface area (Å²) >= 11 is 1.11. The summed E-state index contributed by atoms with van der Waals surface area (Å²) in [5.74, 6) is -1.06. The number of hydrogen-bond donors (Lipinski definition) is 1. The molecule has 2 atom stereocenters. The highest BCUT2D eigenvalue weighted by atomic mass is 32.2. The Morgan fingerprint density at radius 3 is 2.44 bits per heavy atom. The first-order valence-electron chi connectivity index (χ1n) is 10.8. The third-order valence-electron chi connectivity index (χ3n) is 5.54. The van der Waals surface area contributed by atoms with E-state index in [9.17, 15) is 18.4 Å². The molecule has 0 aliphatic rings. The van der Waals surface area contributed by atoms with Crippen molar-refractivity contribution in [3.05, 3.63) is 99.8 Å². The van der Waals surface area contributed by atoms with E-state index in [1.54, 1.807) is 62.4 Å². The molecule has 5 nitrogen and oxygen atoms in total. The molecule has 0 fully saturated rings. The molecule has 1 aromatic heterocycles. The van der Waals surface area contributed by atoms with Gasteiger partial charge in [-0.1, -0.05) is 42.1 Å². The predicted molar refractivity (Wildman–Crippen MR) is 130 cm³/mol. The molecular weight excluding hydrogens is 456 g/mol. The lowest BCUT2D eigenvalue weighted by Crippen LogP contribution is -2.33. The minimum atomic E-state index is -0.613. The van der Waals surface area contributed by atoms with Crippen LogP contribution < -0.4 is 10.9 Å². The van der Waals surface area contributed by atoms with Crippen molar-refractivity contribution < 1.29 is 13.6 Å². The molecule has 0 aliphatic carbocycles. The fraction of sp³-hybridized carbons (Fsp3) is 0.192. The summed E-state index contributed by atoms with van der Waals surface area (Å²) in [5.41, 5.74) is 1.71. The van der Waals surface area contributed by atoms with E-state index in [1.165, 1.54) is 22.8 Å². The van der Waals surface area contributed by atoms with Crippen molar-refractivity contribution in [1.29, 1.82) is 0 Å². The standard InChI is InChI=1S/C26H23F2N3O2S/c1-15-8-13-20(14-22(15)28)31-25(33)21-6-4-5-7-23(21)30-26(31)34-17(3)24(32)29-16(2)18-9-11-19(27)12-10-18/h4-14,16-17H,1-3H3,(H,29,32). The van der Waals surface area contributed by atoms with Crippen LogP contribution in [0.15, 0.2) is 76.7 Å². The van der Waals surface area contributed by atoms with Crippen molar-refractivity contribution in [2.45, 2.75) is 37.2 Å². The summed E-state index contributed by atoms with van der Waals surface area (Å²) < 4.78 is 28.9. The predicted octanol–water partition coefficient (Wildman–Crippen LogP) is 5.33. The van der Waals surface area contributed by atoms with Gasteiger partial charge in [0.05, 0.1) is 27.9 Å². The number of rotatable bonds is 6. The molecule has 0 aliphatic heterocycles. The number of benzene rings is 3. The van der Waals surface area contributed by atoms with Crippen LogP contribution in [0.2, 0.25) is 0 Å². The van der Waals surface area contributed by atoms with Gasteiger partial charge in [-0.3, -0.25) is 14.2 Å². The number of thioether (sulfide) groups is 1. The smallest absolute Gasteiger partial charge is 0.266 e. The maximum absolute atomic E-state index is 14.3. The van der Waals surface area contributed by atoms with Crippen LogP contribution >= 0.6 is 11.8 Å². The molecule has 2 unspecified atom stereocenters. The molecule has 174 valence electrons. The van der Waals surface area contributed by atoms with E-state index >= 15 is 0 Å². The molecule has 0 spiro atoms. The van der Waals surface area contributed by atoms with E-state index in [-0.39, 0.29) is 28.5 Å². The Morgan fingerprint density at radius 1 is 1.03 bits per heavy atom. The highest BCUT2D eigenvalue weighted by Crippen LogP contribution is 2.26. The monoisotopic (exact) mass is 479 g/mol. The number of nitrogens with one attached hydrogen (secondary N) is 1. The van der Waals surface area contributed by atoms with Gasteiger partial charge < -0.3 is 5.32 Å². The second-order valence-electron chi connectivity index (χ2n) is 8.03. The quantitative estimate of drug-likeness (QED) is 0.300. The van der Waals surface area contributed by atoms with Gasteiger partial charge in [-0.2, -0.15) is 0 Å². The number of nitrogens with zero attached hydrogens (tertiary/aromatic N) is 2. The number of halogens is 2. The zero-order chi connectivity index (χ0) is 24.4. The van der Waals surface area contributed by atoms with Crippen LogP contribution in [0, 0.1) is 18.6 Å². The minimum Gasteiger partial charge on any atom is -0.349 e. The lowest BCUT2D eigenvalue weighted by molar-refractivity contribution is -0.120. The van der Waals surface area contributed by atoms with Gasteiger partial charge in [-0.25, -0.2) is 13.8 Å². The lowest BCUT2D eigenvalue weighted by atomic mass is 10.1. The molecule has 1 N–H and O–H groups in total. The molecule has 0 radical (unpaired) electrons. The van der Waals surface area contributed by atoms with E-state index in [0.717, 1.165) is 17.3 Å². The Labute approximate surface area is 199 Å². The van der Waals surface area contributed by atoms with Crippen LogP contribution in [0.4, 0.5) is 8.78 Å². The van der Waals surface area contributed by atoms with E-state index in [2.05, 4.69) is 10.3 Å². The Hall–Kier alpha value is -3.52. The van der Waals surface area contributed by atoms with Gasteiger partial charge in [0.25, 0.3) is 5.56 Å². The Balaban J connectivity index is 1.67. The summed E-state index contributed by atoms with van der Waals surface area (Å²) in [6.45, 7) is 5.16. The number of para-hydroxylation sites is 1. The first-order valence-corrected chi connectivity index (χ1v) is 11.6. The van der Waals surface area contributed by atoms with Crippen molar-refractivity contribution in [1.82, 2.24) is 14.9 Å². The molecule has 1 heterocycles. The van der Waals surface area contributed by atoms with Crippen LogP contribution in [0.3, 0.4) is 0 Å². The normalized spacial score (nSPS) is 13.0. The van der Waals surface area contributed by atoms with Crippen LogP contribution in [0.5, 0.6) is 0 Å². The van der Waals surface area contributed by atoms with Gasteiger partial charge in [0, 0.05) is 0 Å². The maximum Gasteiger partial charge on any atom is 0.266 e. The highest BCUT2D eigenvalue weighted by Gasteiger charge is 2.22. The molecule has 1 amide bonds. The molecular formula is C26H23F2N3O2S. The van der Waals surface area contributed by atoms with E-state index in [4.69, 9.17) is 0 Å². The minimum absolute atomic E-state index is 0.272. The first-order chi connectivity index (χ1) is 16.2. The number of carbonyl (C=O) groups excluding carboxylic acids is 1. The van der Waals surface area contributed by atoms with E-state index in [1.807, 2.05) is 6.92 Å². The zero-order valence-corrected chi connectivity index (χ0v) is 19.7. The molecule has 4 rings (SSSR count). The fourth-order valence-corrected chi connectivity index (χ4v) is 4.45. The van der Waals surface area contributed by atoms with Crippen LogP contribution in [0.25, 0.3) is 16.6 Å². The molecule has 8 heteroatoms. The fourth-order valence-electron chi connectivity index (χ4n) is 3.52. The number of hydrogen-bond acceptors (Lipinski definition) is 4. The average Bonchev–Trinajstić information content (AvgIpc) is 2.81. The largest absolute Gasteiger partial charge is 0.349 e. The molecule has 34 heavy (non-hydrogen) atoms. The summed E-state index contributed by atoms with van der Waals surface area (Å²) in [4.78, 5) is 30.9. The third-order valence-corrected chi connectivity index (χ3v) is 6.59. The Kier molecular flexibility index (Phi) is 6.79. The Morgan fingerprint density at radius 2 is 1.74 bits per heavy atom. The van der Waals surface area contributed by atoms with Gasteiger partial charge in [-0.05, 0) is 68.3 Å². The highest BCUT2D eigenvalue weighted by molar-refractivity contribution is 8.00. The summed E-state index contributed by atoms with van der Waals surface area (Å²) in [6, 6.07) is 17.0. The number of carbonyl (C=O) groups is 1. The molecule has 0 saturated heterocycles. The van der Waals surface area contributed by atoms with Gasteiger partial charge >= 0.3 is 0 Å². The number of aromatic nitrogens is 2. The summed E-state index contributed by atoms with van der Waals surface area (Å²) in [7, 11) is 0. The second-order valence-corrected chi connectivity index (χ2v) is 9.34. The van der Waals surface area contributed by atoms with Crippen molar-refractivity contribution in [2.75, 3.05) is 0 Å².